The maximum Gasteiger partial charge on any atom is 0.490 e. The minimum atomic E-state index is -5.08. The van der Waals surface area contributed by atoms with Gasteiger partial charge in [-0.2, -0.15) is 26.3 Å². The van der Waals surface area contributed by atoms with Gasteiger partial charge in [0, 0.05) is 38.3 Å². The van der Waals surface area contributed by atoms with Crippen LogP contribution in [-0.2, 0) is 20.9 Å². The molecule has 2 fully saturated rings. The molecule has 0 aromatic carbocycles. The number of aliphatic carboxylic acids is 2. The molecule has 1 amide bonds. The number of furan rings is 1. The van der Waals surface area contributed by atoms with Crippen molar-refractivity contribution >= 4 is 17.8 Å². The summed E-state index contributed by atoms with van der Waals surface area (Å²) in [5.41, 5.74) is 1.23. The van der Waals surface area contributed by atoms with Crippen molar-refractivity contribution in [1.82, 2.24) is 15.1 Å². The van der Waals surface area contributed by atoms with Gasteiger partial charge in [-0.25, -0.2) is 9.59 Å². The first-order chi connectivity index (χ1) is 15.1. The molecule has 1 aromatic heterocycles. The molecule has 0 aliphatic carbocycles. The Morgan fingerprint density at radius 2 is 1.61 bits per heavy atom. The van der Waals surface area contributed by atoms with Crippen molar-refractivity contribution < 1.29 is 55.4 Å². The Labute approximate surface area is 183 Å². The van der Waals surface area contributed by atoms with Gasteiger partial charge < -0.3 is 19.9 Å². The van der Waals surface area contributed by atoms with E-state index in [-0.39, 0.29) is 11.9 Å². The Balaban J connectivity index is 0.000000324. The van der Waals surface area contributed by atoms with Crippen LogP contribution in [0.2, 0.25) is 0 Å². The summed E-state index contributed by atoms with van der Waals surface area (Å²) in [6.45, 7) is 3.06. The smallest absolute Gasteiger partial charge is 0.475 e. The minimum Gasteiger partial charge on any atom is -0.475 e. The third-order valence-electron chi connectivity index (χ3n) is 5.04. The van der Waals surface area contributed by atoms with E-state index < -0.39 is 24.3 Å². The van der Waals surface area contributed by atoms with E-state index in [4.69, 9.17) is 24.2 Å². The number of hydrogen-bond donors (Lipinski definition) is 3. The summed E-state index contributed by atoms with van der Waals surface area (Å²) in [5.74, 6) is -4.75. The summed E-state index contributed by atoms with van der Waals surface area (Å²) in [6, 6.07) is 2.58. The van der Waals surface area contributed by atoms with E-state index in [1.165, 1.54) is 5.56 Å². The van der Waals surface area contributed by atoms with Crippen LogP contribution in [0.1, 0.15) is 12.0 Å². The van der Waals surface area contributed by atoms with Crippen LogP contribution in [0.15, 0.2) is 23.0 Å². The Morgan fingerprint density at radius 3 is 1.97 bits per heavy atom. The van der Waals surface area contributed by atoms with Crippen molar-refractivity contribution in [3.8, 4) is 0 Å². The van der Waals surface area contributed by atoms with Crippen molar-refractivity contribution in [3.05, 3.63) is 24.2 Å². The molecule has 2 aliphatic rings. The van der Waals surface area contributed by atoms with Gasteiger partial charge in [-0.1, -0.05) is 0 Å². The van der Waals surface area contributed by atoms with E-state index in [0.29, 0.717) is 12.0 Å². The number of amides is 1. The normalized spacial score (nSPS) is 23.0. The predicted molar refractivity (Wildman–Crippen MR) is 98.9 cm³/mol. The Bertz CT molecular complexity index is 775. The molecule has 15 heteroatoms. The number of halogens is 6. The highest BCUT2D eigenvalue weighted by Gasteiger charge is 2.46. The Morgan fingerprint density at radius 1 is 1.09 bits per heavy atom. The van der Waals surface area contributed by atoms with Crippen molar-refractivity contribution in [2.45, 2.75) is 37.4 Å². The second kappa shape index (κ2) is 11.4. The summed E-state index contributed by atoms with van der Waals surface area (Å²) in [7, 11) is 3.79. The zero-order valence-corrected chi connectivity index (χ0v) is 17.5. The lowest BCUT2D eigenvalue weighted by Gasteiger charge is -2.25. The van der Waals surface area contributed by atoms with Gasteiger partial charge in [-0.05, 0) is 25.5 Å². The molecule has 0 bridgehead atoms. The van der Waals surface area contributed by atoms with Crippen LogP contribution in [0.5, 0.6) is 0 Å². The number of carbonyl (C=O) groups excluding carboxylic acids is 1. The highest BCUT2D eigenvalue weighted by Crippen LogP contribution is 2.35. The van der Waals surface area contributed by atoms with E-state index in [2.05, 4.69) is 22.2 Å². The summed E-state index contributed by atoms with van der Waals surface area (Å²) >= 11 is 0. The zero-order valence-electron chi connectivity index (χ0n) is 17.5. The second-order valence-electron chi connectivity index (χ2n) is 7.29. The molecule has 9 nitrogen and oxygen atoms in total. The second-order valence-corrected chi connectivity index (χ2v) is 7.29. The maximum absolute atomic E-state index is 11.8. The molecule has 0 radical (unpaired) electrons. The van der Waals surface area contributed by atoms with Gasteiger partial charge in [0.25, 0.3) is 0 Å². The van der Waals surface area contributed by atoms with Gasteiger partial charge in [-0.15, -0.1) is 0 Å². The van der Waals surface area contributed by atoms with Crippen LogP contribution in [0.3, 0.4) is 0 Å². The predicted octanol–water partition coefficient (Wildman–Crippen LogP) is 1.80. The van der Waals surface area contributed by atoms with E-state index in [0.717, 1.165) is 26.1 Å². The molecule has 3 atom stereocenters. The van der Waals surface area contributed by atoms with Crippen LogP contribution in [-0.4, -0.2) is 89.5 Å². The van der Waals surface area contributed by atoms with Crippen LogP contribution in [0, 0.1) is 5.92 Å². The monoisotopic (exact) mass is 491 g/mol. The van der Waals surface area contributed by atoms with Gasteiger partial charge >= 0.3 is 24.3 Å². The number of likely N-dealkylation sites (N-methyl/N-ethyl adjacent to an activating group) is 2. The van der Waals surface area contributed by atoms with Gasteiger partial charge in [0.15, 0.2) is 0 Å². The molecule has 0 spiro atoms. The number of alkyl halides is 6. The molecular weight excluding hydrogens is 468 g/mol. The zero-order chi connectivity index (χ0) is 25.6. The number of rotatable bonds is 3. The Kier molecular flexibility index (Phi) is 9.71. The van der Waals surface area contributed by atoms with E-state index in [9.17, 15) is 31.1 Å². The molecule has 188 valence electrons. The third-order valence-corrected chi connectivity index (χ3v) is 5.04. The summed E-state index contributed by atoms with van der Waals surface area (Å²) in [6.07, 6.45) is -5.66. The van der Waals surface area contributed by atoms with Crippen molar-refractivity contribution in [1.29, 1.82) is 0 Å². The van der Waals surface area contributed by atoms with Gasteiger partial charge in [0.1, 0.15) is 0 Å². The minimum absolute atomic E-state index is 0.0519. The largest absolute Gasteiger partial charge is 0.490 e. The fourth-order valence-electron chi connectivity index (χ4n) is 3.55. The maximum atomic E-state index is 11.8. The van der Waals surface area contributed by atoms with Crippen LogP contribution >= 0.6 is 0 Å². The number of carboxylic acid groups (broad SMARTS) is 2. The first kappa shape index (κ1) is 28.2. The molecule has 0 saturated carbocycles. The van der Waals surface area contributed by atoms with Crippen molar-refractivity contribution in [2.24, 2.45) is 5.92 Å². The number of carboxylic acids is 2. The standard InChI is InChI=1S/C14H21N3O2.2C2HF3O2/c1-15-14(18)12-5-11-7-17(8-13(11)16(12)2)6-10-3-4-19-9-10;2*3-2(4,5)1(6)7/h3-4,9,11-13H,5-8H2,1-2H3,(H,15,18);2*(H,6,7)/t11-,12-,13+;;/m0../s1. The molecule has 1 aromatic rings. The molecule has 2 saturated heterocycles. The molecule has 33 heavy (non-hydrogen) atoms. The highest BCUT2D eigenvalue weighted by atomic mass is 19.4. The average molecular weight is 491 g/mol. The highest BCUT2D eigenvalue weighted by molar-refractivity contribution is 5.81. The van der Waals surface area contributed by atoms with E-state index in [1.807, 2.05) is 12.3 Å². The number of likely N-dealkylation sites (tertiary alicyclic amines) is 2. The first-order valence-corrected chi connectivity index (χ1v) is 9.35. The fourth-order valence-corrected chi connectivity index (χ4v) is 3.55. The van der Waals surface area contributed by atoms with E-state index in [1.54, 1.807) is 13.3 Å². The fraction of sp³-hybridized carbons (Fsp3) is 0.611. The van der Waals surface area contributed by atoms with Gasteiger partial charge in [0.2, 0.25) is 5.91 Å². The topological polar surface area (TPSA) is 123 Å². The molecule has 3 heterocycles. The molecule has 3 N–H and O–H groups in total. The molecule has 2 aliphatic heterocycles. The number of nitrogens with zero attached hydrogens (tertiary/aromatic N) is 2. The third kappa shape index (κ3) is 8.57. The number of hydrogen-bond acceptors (Lipinski definition) is 6. The van der Waals surface area contributed by atoms with Gasteiger partial charge in [-0.3, -0.25) is 14.6 Å². The molecule has 3 rings (SSSR count). The average Bonchev–Trinajstić information content (AvgIpc) is 3.40. The van der Waals surface area contributed by atoms with Crippen LogP contribution in [0.4, 0.5) is 26.3 Å². The summed E-state index contributed by atoms with van der Waals surface area (Å²) in [5, 5.41) is 17.0. The van der Waals surface area contributed by atoms with Crippen LogP contribution < -0.4 is 5.32 Å². The SMILES string of the molecule is CNC(=O)[C@@H]1C[C@H]2CN(Cc3ccoc3)C[C@H]2N1C.O=C(O)C(F)(F)F.O=C(O)C(F)(F)F. The lowest BCUT2D eigenvalue weighted by Crippen LogP contribution is -2.44. The molecular formula is C18H23F6N3O6. The van der Waals surface area contributed by atoms with E-state index >= 15 is 0 Å². The number of carbonyl (C=O) groups is 3. The quantitative estimate of drug-likeness (QED) is 0.547. The first-order valence-electron chi connectivity index (χ1n) is 9.35. The summed E-state index contributed by atoms with van der Waals surface area (Å²) < 4.78 is 68.6. The van der Waals surface area contributed by atoms with Crippen molar-refractivity contribution in [3.63, 3.8) is 0 Å². The lowest BCUT2D eigenvalue weighted by molar-refractivity contribution is -0.193. The molecule has 0 unspecified atom stereocenters. The number of fused-ring (bicyclic) bond motifs is 1. The summed E-state index contributed by atoms with van der Waals surface area (Å²) in [4.78, 5) is 34.3. The lowest BCUT2D eigenvalue weighted by atomic mass is 10.0. The van der Waals surface area contributed by atoms with Crippen LogP contribution in [0.25, 0.3) is 0 Å². The Hall–Kier alpha value is -2.81. The number of nitrogens with one attached hydrogen (secondary N) is 1. The van der Waals surface area contributed by atoms with Gasteiger partial charge in [0.05, 0.1) is 18.6 Å². The van der Waals surface area contributed by atoms with Crippen molar-refractivity contribution in [2.75, 3.05) is 27.2 Å².